The van der Waals surface area contributed by atoms with E-state index in [0.717, 1.165) is 94.5 Å². The fourth-order valence-corrected chi connectivity index (χ4v) is 10.3. The van der Waals surface area contributed by atoms with Crippen LogP contribution in [0.4, 0.5) is 22.7 Å². The van der Waals surface area contributed by atoms with Crippen molar-refractivity contribution in [2.24, 2.45) is 0 Å². The van der Waals surface area contributed by atoms with Crippen molar-refractivity contribution in [2.45, 2.75) is 104 Å². The molecule has 0 saturated carbocycles. The number of fused-ring (bicyclic) bond motifs is 2. The average Bonchev–Trinajstić information content (AvgIpc) is 3.81. The monoisotopic (exact) mass is 922 g/mol. The Kier molecular flexibility index (Phi) is 14.9. The fraction of sp³-hybridized carbons (Fsp3) is 0.375. The number of allylic oxidation sites excluding steroid dienone is 3. The number of carbonyl (C=O) groups excluding carboxylic acids is 1. The average molecular weight is 923 g/mol. The Labute approximate surface area is 398 Å². The second kappa shape index (κ2) is 21.1. The highest BCUT2D eigenvalue weighted by Gasteiger charge is 2.46. The molecule has 5 aromatic rings. The van der Waals surface area contributed by atoms with Gasteiger partial charge in [0.2, 0.25) is 5.69 Å². The van der Waals surface area contributed by atoms with Crippen LogP contribution in [-0.4, -0.2) is 60.1 Å². The van der Waals surface area contributed by atoms with E-state index in [9.17, 15) is 19.8 Å². The predicted octanol–water partition coefficient (Wildman–Crippen LogP) is 12.7. The fourth-order valence-electron chi connectivity index (χ4n) is 9.05. The lowest BCUT2D eigenvalue weighted by molar-refractivity contribution is -0.438. The van der Waals surface area contributed by atoms with Gasteiger partial charge in [-0.2, -0.15) is 4.58 Å². The molecule has 4 aromatic carbocycles. The summed E-state index contributed by atoms with van der Waals surface area (Å²) in [4.78, 5) is 29.6. The van der Waals surface area contributed by atoms with Crippen molar-refractivity contribution in [1.82, 2.24) is 0 Å². The molecule has 3 heterocycles. The number of benzene rings is 4. The molecular weight excluding hydrogens is 861 g/mol. The van der Waals surface area contributed by atoms with Crippen molar-refractivity contribution in [1.29, 1.82) is 0 Å². The normalized spacial score (nSPS) is 15.5. The molecule has 1 N–H and O–H groups in total. The van der Waals surface area contributed by atoms with Crippen LogP contribution >= 0.6 is 11.3 Å². The molecule has 350 valence electrons. The zero-order valence-corrected chi connectivity index (χ0v) is 40.3. The second-order valence-corrected chi connectivity index (χ2v) is 19.0. The van der Waals surface area contributed by atoms with E-state index in [1.54, 1.807) is 18.2 Å². The zero-order valence-electron chi connectivity index (χ0n) is 39.5. The van der Waals surface area contributed by atoms with Crippen LogP contribution in [0.25, 0.3) is 16.0 Å². The Morgan fingerprint density at radius 3 is 1.81 bits per heavy atom. The maximum Gasteiger partial charge on any atom is 0.335 e. The van der Waals surface area contributed by atoms with Crippen LogP contribution in [0, 0.1) is 0 Å². The number of ether oxygens (including phenoxy) is 4. The van der Waals surface area contributed by atoms with E-state index in [0.29, 0.717) is 49.3 Å². The van der Waals surface area contributed by atoms with E-state index in [-0.39, 0.29) is 28.3 Å². The summed E-state index contributed by atoms with van der Waals surface area (Å²) in [5.74, 6) is 0.924. The SMILES string of the molecule is CCCCCCOc1ccc(N(c2ccc(OCCCCCC)cc2)c2ccc(-c3sc(C4=C([O-])/C(=C/C5=[N+](CCCC)c6ccc(C(=O)O)cc6C5(C)C)C4=O)c4c3OCCO4)cc2)cc1. The van der Waals surface area contributed by atoms with Crippen LogP contribution in [0.2, 0.25) is 0 Å². The Hall–Kier alpha value is -6.33. The van der Waals surface area contributed by atoms with Crippen molar-refractivity contribution < 1.29 is 43.3 Å². The third-order valence-electron chi connectivity index (χ3n) is 12.8. The lowest BCUT2D eigenvalue weighted by atomic mass is 9.78. The van der Waals surface area contributed by atoms with Crippen LogP contribution in [0.1, 0.15) is 120 Å². The summed E-state index contributed by atoms with van der Waals surface area (Å²) in [6.07, 6.45) is 12.7. The Bertz CT molecular complexity index is 2620. The maximum absolute atomic E-state index is 14.2. The van der Waals surface area contributed by atoms with E-state index in [2.05, 4.69) is 66.6 Å². The lowest BCUT2D eigenvalue weighted by Crippen LogP contribution is -2.33. The number of Topliss-reactive ketones (excluding diaryl/α,β-unsaturated/α-hetero) is 1. The molecule has 1 aliphatic carbocycles. The first-order valence-corrected chi connectivity index (χ1v) is 24.9. The van der Waals surface area contributed by atoms with Crippen LogP contribution in [0.15, 0.2) is 108 Å². The number of hydrogen-bond acceptors (Lipinski definition) is 9. The number of hydrogen-bond donors (Lipinski definition) is 1. The first-order chi connectivity index (χ1) is 32.5. The van der Waals surface area contributed by atoms with E-state index in [1.807, 2.05) is 56.3 Å². The van der Waals surface area contributed by atoms with E-state index < -0.39 is 11.4 Å². The van der Waals surface area contributed by atoms with Gasteiger partial charge in [0.05, 0.1) is 33.9 Å². The molecule has 0 amide bonds. The third-order valence-corrected chi connectivity index (χ3v) is 14.1. The minimum atomic E-state index is -1.00. The molecule has 11 heteroatoms. The molecule has 3 aliphatic rings. The van der Waals surface area contributed by atoms with Gasteiger partial charge in [0, 0.05) is 52.3 Å². The van der Waals surface area contributed by atoms with Crippen molar-refractivity contribution >= 4 is 57.1 Å². The van der Waals surface area contributed by atoms with Gasteiger partial charge < -0.3 is 34.1 Å². The van der Waals surface area contributed by atoms with Gasteiger partial charge in [-0.15, -0.1) is 11.3 Å². The van der Waals surface area contributed by atoms with Gasteiger partial charge in [-0.1, -0.05) is 83.6 Å². The summed E-state index contributed by atoms with van der Waals surface area (Å²) < 4.78 is 26.7. The van der Waals surface area contributed by atoms with Crippen LogP contribution in [0.3, 0.4) is 0 Å². The van der Waals surface area contributed by atoms with Gasteiger partial charge in [0.1, 0.15) is 31.3 Å². The summed E-state index contributed by atoms with van der Waals surface area (Å²) in [6.45, 7) is 13.2. The number of carbonyl (C=O) groups is 2. The van der Waals surface area contributed by atoms with Crippen molar-refractivity contribution in [2.75, 3.05) is 37.9 Å². The molecule has 0 bridgehead atoms. The van der Waals surface area contributed by atoms with Crippen LogP contribution in [0.5, 0.6) is 23.0 Å². The molecular formula is C56H62N2O8S. The summed E-state index contributed by atoms with van der Waals surface area (Å²) >= 11 is 1.33. The number of rotatable bonds is 22. The molecule has 67 heavy (non-hydrogen) atoms. The molecule has 2 aliphatic heterocycles. The van der Waals surface area contributed by atoms with Gasteiger partial charge in [0.25, 0.3) is 0 Å². The number of ketones is 1. The number of carboxylic acid groups (broad SMARTS) is 1. The minimum absolute atomic E-state index is 0.0935. The highest BCUT2D eigenvalue weighted by Crippen LogP contribution is 2.55. The summed E-state index contributed by atoms with van der Waals surface area (Å²) in [7, 11) is 0. The molecule has 0 radical (unpaired) electrons. The van der Waals surface area contributed by atoms with Crippen LogP contribution in [-0.2, 0) is 10.2 Å². The number of unbranched alkanes of at least 4 members (excludes halogenated alkanes) is 7. The van der Waals surface area contributed by atoms with Crippen LogP contribution < -0.4 is 29.0 Å². The first-order valence-electron chi connectivity index (χ1n) is 24.1. The highest BCUT2D eigenvalue weighted by atomic mass is 32.1. The number of carboxylic acids is 1. The Balaban J connectivity index is 1.09. The van der Waals surface area contributed by atoms with Gasteiger partial charge in [0.15, 0.2) is 23.0 Å². The quantitative estimate of drug-likeness (QED) is 0.0411. The summed E-state index contributed by atoms with van der Waals surface area (Å²) in [6, 6.07) is 29.8. The molecule has 1 aromatic heterocycles. The van der Waals surface area contributed by atoms with E-state index >= 15 is 0 Å². The van der Waals surface area contributed by atoms with Gasteiger partial charge in [-0.3, -0.25) is 4.79 Å². The largest absolute Gasteiger partial charge is 0.871 e. The highest BCUT2D eigenvalue weighted by molar-refractivity contribution is 7.18. The van der Waals surface area contributed by atoms with Crippen molar-refractivity contribution in [3.8, 4) is 33.4 Å². The van der Waals surface area contributed by atoms with Crippen molar-refractivity contribution in [3.63, 3.8) is 0 Å². The second-order valence-electron chi connectivity index (χ2n) is 17.9. The van der Waals surface area contributed by atoms with E-state index in [4.69, 9.17) is 18.9 Å². The molecule has 0 unspecified atom stereocenters. The van der Waals surface area contributed by atoms with E-state index in [1.165, 1.54) is 37.0 Å². The molecule has 0 saturated heterocycles. The maximum atomic E-state index is 14.2. The topological polar surface area (TPSA) is 121 Å². The zero-order chi connectivity index (χ0) is 47.1. The minimum Gasteiger partial charge on any atom is -0.871 e. The third kappa shape index (κ3) is 9.89. The van der Waals surface area contributed by atoms with Gasteiger partial charge in [-0.25, -0.2) is 4.79 Å². The Morgan fingerprint density at radius 2 is 1.28 bits per heavy atom. The number of aromatic carboxylic acids is 1. The summed E-state index contributed by atoms with van der Waals surface area (Å²) in [5, 5.41) is 24.0. The van der Waals surface area contributed by atoms with Crippen molar-refractivity contribution in [3.05, 3.63) is 124 Å². The number of anilines is 3. The number of thiophene rings is 1. The Morgan fingerprint density at radius 1 is 0.746 bits per heavy atom. The molecule has 10 nitrogen and oxygen atoms in total. The standard InChI is InChI=1S/C56H62N2O8S/c1-6-9-12-14-31-63-42-25-21-40(22-26-42)58(41-23-27-43(28-24-41)64-32-15-13-10-7-2)39-19-16-37(17-20-39)53-51-52(66-34-33-65-51)54(67-53)48-49(59)44(50(48)60)36-47-56(4,5)45-35-38(55(61)62)18-29-46(45)57(47)30-11-8-3/h16-29,35-36H,6-15,30-34H2,1-5H3,(H-,59,60,61,62). The first kappa shape index (κ1) is 47.2. The molecule has 8 rings (SSSR count). The molecule has 0 spiro atoms. The molecule has 0 atom stereocenters. The number of nitrogens with zero attached hydrogens (tertiary/aromatic N) is 2. The van der Waals surface area contributed by atoms with Gasteiger partial charge in [-0.05, 0) is 105 Å². The lowest BCUT2D eigenvalue weighted by Gasteiger charge is -2.31. The predicted molar refractivity (Wildman–Crippen MR) is 266 cm³/mol. The molecule has 0 fully saturated rings. The van der Waals surface area contributed by atoms with Gasteiger partial charge >= 0.3 is 5.97 Å². The smallest absolute Gasteiger partial charge is 0.335 e. The summed E-state index contributed by atoms with van der Waals surface area (Å²) in [5.41, 5.74) is 6.01.